The van der Waals surface area contributed by atoms with Crippen molar-refractivity contribution < 1.29 is 51.6 Å². The third-order valence-electron chi connectivity index (χ3n) is 7.54. The van der Waals surface area contributed by atoms with Crippen LogP contribution in [0.2, 0.25) is 0 Å². The highest BCUT2D eigenvalue weighted by Gasteiger charge is 2.56. The molecule has 0 spiro atoms. The zero-order valence-corrected chi connectivity index (χ0v) is 27.4. The highest BCUT2D eigenvalue weighted by Crippen LogP contribution is 2.44. The van der Waals surface area contributed by atoms with Crippen LogP contribution in [0.5, 0.6) is 11.5 Å². The average Bonchev–Trinajstić information content (AvgIpc) is 3.81. The maximum absolute atomic E-state index is 14.8. The van der Waals surface area contributed by atoms with Gasteiger partial charge in [-0.15, -0.1) is 0 Å². The van der Waals surface area contributed by atoms with Crippen molar-refractivity contribution in [2.45, 2.75) is 89.3 Å². The normalized spacial score (nSPS) is 15.0. The van der Waals surface area contributed by atoms with E-state index in [2.05, 4.69) is 10.3 Å². The number of amides is 1. The van der Waals surface area contributed by atoms with E-state index in [1.807, 2.05) is 0 Å². The van der Waals surface area contributed by atoms with Gasteiger partial charge >= 0.3 is 12.3 Å². The molecule has 1 aliphatic rings. The molecule has 2 aromatic carbocycles. The predicted octanol–water partition coefficient (Wildman–Crippen LogP) is 6.97. The molecular formula is C35H40F4N2O7. The molecule has 0 radical (unpaired) electrons. The van der Waals surface area contributed by atoms with Crippen molar-refractivity contribution in [3.63, 3.8) is 0 Å². The van der Waals surface area contributed by atoms with Gasteiger partial charge in [0.2, 0.25) is 5.60 Å². The Morgan fingerprint density at radius 1 is 0.958 bits per heavy atom. The lowest BCUT2D eigenvalue weighted by molar-refractivity contribution is -0.270. The van der Waals surface area contributed by atoms with Gasteiger partial charge < -0.3 is 29.7 Å². The number of ketones is 1. The van der Waals surface area contributed by atoms with Gasteiger partial charge in [-0.25, -0.2) is 14.2 Å². The number of hydrogen-bond acceptors (Lipinski definition) is 8. The third-order valence-corrected chi connectivity index (χ3v) is 7.54. The number of benzene rings is 2. The van der Waals surface area contributed by atoms with E-state index in [1.165, 1.54) is 50.2 Å². The van der Waals surface area contributed by atoms with Crippen LogP contribution in [-0.2, 0) is 15.9 Å². The molecule has 3 N–H and O–H groups in total. The summed E-state index contributed by atoms with van der Waals surface area (Å²) in [6, 6.07) is 11.5. The number of aliphatic hydroxyl groups is 2. The van der Waals surface area contributed by atoms with Gasteiger partial charge in [0, 0.05) is 17.5 Å². The Labute approximate surface area is 276 Å². The topological polar surface area (TPSA) is 127 Å². The maximum Gasteiger partial charge on any atom is 0.422 e. The first kappa shape index (κ1) is 36.6. The van der Waals surface area contributed by atoms with Gasteiger partial charge in [-0.3, -0.25) is 4.79 Å². The lowest BCUT2D eigenvalue weighted by Gasteiger charge is -2.33. The summed E-state index contributed by atoms with van der Waals surface area (Å²) < 4.78 is 74.9. The van der Waals surface area contributed by atoms with Crippen LogP contribution in [0.1, 0.15) is 81.9 Å². The molecule has 1 aromatic heterocycles. The number of alkyl halides is 3. The van der Waals surface area contributed by atoms with Crippen LogP contribution < -0.4 is 14.8 Å². The Morgan fingerprint density at radius 2 is 1.62 bits per heavy atom. The maximum atomic E-state index is 14.8. The van der Waals surface area contributed by atoms with Gasteiger partial charge in [0.15, 0.2) is 17.3 Å². The van der Waals surface area contributed by atoms with Crippen LogP contribution in [0.15, 0.2) is 54.6 Å². The van der Waals surface area contributed by atoms with Gasteiger partial charge in [0.25, 0.3) is 0 Å². The summed E-state index contributed by atoms with van der Waals surface area (Å²) in [7, 11) is 0. The van der Waals surface area contributed by atoms with Crippen LogP contribution in [0.3, 0.4) is 0 Å². The standard InChI is InChI=1S/C35H40F4N2O7/c1-32(2,3)48-31(44)41-33(4,5)23-19-26(21-6-9-24(36)10-7-21)40-30(20-23)34(45,35(37,38)39)15-14-27(43)22-8-13-28(46-17-16-42)29(18-22)47-25-11-12-25/h6-10,13,18-20,25,42,45H,11-12,14-17H2,1-5H3,(H,41,44). The molecule has 0 aliphatic heterocycles. The number of aliphatic hydroxyl groups excluding tert-OH is 1. The molecule has 1 aliphatic carbocycles. The fraction of sp³-hybridized carbons (Fsp3) is 0.457. The number of nitrogens with zero attached hydrogens (tertiary/aromatic N) is 1. The number of hydrogen-bond donors (Lipinski definition) is 3. The smallest absolute Gasteiger partial charge is 0.422 e. The minimum absolute atomic E-state index is 0.0248. The Kier molecular flexibility index (Phi) is 10.7. The van der Waals surface area contributed by atoms with Crippen molar-refractivity contribution in [3.05, 3.63) is 77.2 Å². The van der Waals surface area contributed by atoms with Crippen molar-refractivity contribution in [3.8, 4) is 22.8 Å². The number of aromatic nitrogens is 1. The van der Waals surface area contributed by atoms with Crippen LogP contribution in [0.25, 0.3) is 11.3 Å². The van der Waals surface area contributed by atoms with Crippen LogP contribution in [-0.4, -0.2) is 58.2 Å². The zero-order valence-electron chi connectivity index (χ0n) is 27.4. The number of alkyl carbamates (subject to hydrolysis) is 1. The second-order valence-electron chi connectivity index (χ2n) is 13.2. The lowest BCUT2D eigenvalue weighted by atomic mass is 9.86. The molecule has 1 atom stereocenters. The largest absolute Gasteiger partial charge is 0.487 e. The molecule has 1 unspecified atom stereocenters. The summed E-state index contributed by atoms with van der Waals surface area (Å²) in [6.45, 7) is 7.76. The number of rotatable bonds is 13. The van der Waals surface area contributed by atoms with Gasteiger partial charge in [-0.05, 0) is 114 Å². The quantitative estimate of drug-likeness (QED) is 0.131. The SMILES string of the molecule is CC(C)(C)OC(=O)NC(C)(C)c1cc(-c2ccc(F)cc2)nc(C(O)(CCC(=O)c2ccc(OCCO)c(OC3CC3)c2)C(F)(F)F)c1. The minimum atomic E-state index is -5.29. The number of ether oxygens (including phenoxy) is 3. The lowest BCUT2D eigenvalue weighted by Crippen LogP contribution is -2.45. The molecule has 1 saturated carbocycles. The Morgan fingerprint density at radius 3 is 2.21 bits per heavy atom. The molecule has 3 aromatic rings. The van der Waals surface area contributed by atoms with Crippen molar-refractivity contribution in [2.24, 2.45) is 0 Å². The molecule has 9 nitrogen and oxygen atoms in total. The summed E-state index contributed by atoms with van der Waals surface area (Å²) in [5.41, 5.74) is -6.22. The van der Waals surface area contributed by atoms with E-state index >= 15 is 0 Å². The number of pyridine rings is 1. The molecule has 260 valence electrons. The van der Waals surface area contributed by atoms with E-state index < -0.39 is 59.1 Å². The van der Waals surface area contributed by atoms with Crippen molar-refractivity contribution in [2.75, 3.05) is 13.2 Å². The number of carbonyl (C=O) groups excluding carboxylic acids is 2. The molecule has 1 fully saturated rings. The number of nitrogens with one attached hydrogen (secondary N) is 1. The molecule has 1 amide bonds. The van der Waals surface area contributed by atoms with E-state index in [4.69, 9.17) is 19.3 Å². The Balaban J connectivity index is 1.71. The summed E-state index contributed by atoms with van der Waals surface area (Å²) in [6.07, 6.45) is -6.42. The molecule has 4 rings (SSSR count). The first-order chi connectivity index (χ1) is 22.3. The number of Topliss-reactive ketones (excluding diaryl/α,β-unsaturated/α-hetero) is 1. The van der Waals surface area contributed by atoms with Gasteiger partial charge in [-0.2, -0.15) is 13.2 Å². The summed E-state index contributed by atoms with van der Waals surface area (Å²) >= 11 is 0. The second-order valence-corrected chi connectivity index (χ2v) is 13.2. The molecule has 0 saturated heterocycles. The molecule has 13 heteroatoms. The molecule has 0 bridgehead atoms. The van der Waals surface area contributed by atoms with E-state index in [0.29, 0.717) is 0 Å². The fourth-order valence-electron chi connectivity index (χ4n) is 4.77. The summed E-state index contributed by atoms with van der Waals surface area (Å²) in [5, 5.41) is 23.2. The predicted molar refractivity (Wildman–Crippen MR) is 168 cm³/mol. The molecular weight excluding hydrogens is 636 g/mol. The average molecular weight is 677 g/mol. The zero-order chi connectivity index (χ0) is 35.5. The number of halogens is 4. The Bertz CT molecular complexity index is 1620. The highest BCUT2D eigenvalue weighted by molar-refractivity contribution is 5.96. The highest BCUT2D eigenvalue weighted by atomic mass is 19.4. The first-order valence-corrected chi connectivity index (χ1v) is 15.5. The summed E-state index contributed by atoms with van der Waals surface area (Å²) in [5.74, 6) is -0.781. The van der Waals surface area contributed by atoms with Crippen molar-refractivity contribution in [1.82, 2.24) is 10.3 Å². The van der Waals surface area contributed by atoms with Crippen LogP contribution in [0, 0.1) is 5.82 Å². The van der Waals surface area contributed by atoms with E-state index in [-0.39, 0.29) is 53.2 Å². The van der Waals surface area contributed by atoms with E-state index in [0.717, 1.165) is 31.0 Å². The minimum Gasteiger partial charge on any atom is -0.487 e. The van der Waals surface area contributed by atoms with Gasteiger partial charge in [0.1, 0.15) is 18.0 Å². The fourth-order valence-corrected chi connectivity index (χ4v) is 4.77. The molecule has 48 heavy (non-hydrogen) atoms. The van der Waals surface area contributed by atoms with Gasteiger partial charge in [0.05, 0.1) is 29.6 Å². The van der Waals surface area contributed by atoms with E-state index in [9.17, 15) is 32.3 Å². The van der Waals surface area contributed by atoms with E-state index in [1.54, 1.807) is 20.8 Å². The third kappa shape index (κ3) is 9.22. The van der Waals surface area contributed by atoms with Crippen molar-refractivity contribution >= 4 is 11.9 Å². The van der Waals surface area contributed by atoms with Crippen molar-refractivity contribution in [1.29, 1.82) is 0 Å². The van der Waals surface area contributed by atoms with Gasteiger partial charge in [-0.1, -0.05) is 0 Å². The monoisotopic (exact) mass is 676 g/mol. The van der Waals surface area contributed by atoms with Crippen LogP contribution in [0.4, 0.5) is 22.4 Å². The first-order valence-electron chi connectivity index (χ1n) is 15.5. The van der Waals surface area contributed by atoms with Crippen LogP contribution >= 0.6 is 0 Å². The summed E-state index contributed by atoms with van der Waals surface area (Å²) in [4.78, 5) is 30.1. The molecule has 1 heterocycles. The Hall–Kier alpha value is -4.23. The second kappa shape index (κ2) is 14.1. The number of carbonyl (C=O) groups is 2.